The molecule has 2 N–H and O–H groups in total. The molecule has 0 radical (unpaired) electrons. The van der Waals surface area contributed by atoms with Crippen LogP contribution in [0.5, 0.6) is 0 Å². The van der Waals surface area contributed by atoms with Gasteiger partial charge < -0.3 is 20.0 Å². The van der Waals surface area contributed by atoms with E-state index in [1.54, 1.807) is 6.20 Å². The molecule has 0 spiro atoms. The molecule has 0 aliphatic rings. The monoisotopic (exact) mass is 499 g/mol. The second kappa shape index (κ2) is 11.4. The molecule has 2 rings (SSSR count). The van der Waals surface area contributed by atoms with Gasteiger partial charge in [0.15, 0.2) is 5.96 Å². The van der Waals surface area contributed by atoms with Gasteiger partial charge in [-0.15, -0.1) is 24.0 Å². The summed E-state index contributed by atoms with van der Waals surface area (Å²) >= 11 is 0. The highest BCUT2D eigenvalue weighted by atomic mass is 127. The molecule has 156 valence electrons. The minimum absolute atomic E-state index is 0. The summed E-state index contributed by atoms with van der Waals surface area (Å²) in [6, 6.07) is 8.59. The fraction of sp³-hybridized carbons (Fsp3) is 0.524. The van der Waals surface area contributed by atoms with Gasteiger partial charge in [0, 0.05) is 18.5 Å². The molecule has 0 atom stereocenters. The van der Waals surface area contributed by atoms with E-state index >= 15 is 0 Å². The largest absolute Gasteiger partial charge is 0.443 e. The van der Waals surface area contributed by atoms with E-state index in [1.165, 1.54) is 11.1 Å². The fourth-order valence-corrected chi connectivity index (χ4v) is 2.53. The number of nitrogens with zero attached hydrogens (tertiary/aromatic N) is 3. The molecule has 0 saturated heterocycles. The first-order chi connectivity index (χ1) is 12.8. The number of hydrogen-bond acceptors (Lipinski definition) is 4. The van der Waals surface area contributed by atoms with Crippen LogP contribution in [0.15, 0.2) is 39.9 Å². The van der Waals surface area contributed by atoms with Gasteiger partial charge in [0.05, 0.1) is 19.3 Å². The highest BCUT2D eigenvalue weighted by molar-refractivity contribution is 14.0. The maximum atomic E-state index is 5.82. The van der Waals surface area contributed by atoms with Gasteiger partial charge in [-0.1, -0.05) is 45.0 Å². The smallest absolute Gasteiger partial charge is 0.213 e. The van der Waals surface area contributed by atoms with Crippen LogP contribution in [0.1, 0.15) is 50.5 Å². The Bertz CT molecular complexity index is 732. The topological polar surface area (TPSA) is 65.7 Å². The maximum Gasteiger partial charge on any atom is 0.213 e. The summed E-state index contributed by atoms with van der Waals surface area (Å²) < 4.78 is 5.82. The van der Waals surface area contributed by atoms with E-state index in [2.05, 4.69) is 91.6 Å². The van der Waals surface area contributed by atoms with Crippen molar-refractivity contribution in [2.24, 2.45) is 4.99 Å². The summed E-state index contributed by atoms with van der Waals surface area (Å²) in [5, 5.41) is 6.55. The Kier molecular flexibility index (Phi) is 9.95. The summed E-state index contributed by atoms with van der Waals surface area (Å²) in [7, 11) is 4.15. The van der Waals surface area contributed by atoms with Crippen LogP contribution >= 0.6 is 24.0 Å². The number of nitrogens with one attached hydrogen (secondary N) is 2. The molecule has 0 amide bonds. The Morgan fingerprint density at radius 2 is 1.75 bits per heavy atom. The lowest BCUT2D eigenvalue weighted by Gasteiger charge is -2.13. The Balaban J connectivity index is 0.00000392. The standard InChI is InChI=1S/C21H33N5O.HI/c1-7-22-20(25-14-19-23-13-18(27-19)21(2,3)4)24-12-16-8-10-17(11-9-16)15-26(5)6;/h8-11,13H,7,12,14-15H2,1-6H3,(H2,22,24,25);1H. The Labute approximate surface area is 186 Å². The zero-order valence-electron chi connectivity index (χ0n) is 17.9. The third kappa shape index (κ3) is 8.18. The average Bonchev–Trinajstić information content (AvgIpc) is 3.07. The predicted molar refractivity (Wildman–Crippen MR) is 126 cm³/mol. The predicted octanol–water partition coefficient (Wildman–Crippen LogP) is 3.91. The SMILES string of the molecule is CCNC(=NCc1ccc(CN(C)C)cc1)NCc1ncc(C(C)(C)C)o1.I. The van der Waals surface area contributed by atoms with E-state index in [0.717, 1.165) is 24.8 Å². The zero-order chi connectivity index (χ0) is 19.9. The van der Waals surface area contributed by atoms with Crippen LogP contribution in [-0.2, 0) is 25.0 Å². The molecule has 1 heterocycles. The van der Waals surface area contributed by atoms with E-state index in [0.29, 0.717) is 19.0 Å². The molecule has 1 aromatic carbocycles. The quantitative estimate of drug-likeness (QED) is 0.344. The molecule has 0 saturated carbocycles. The van der Waals surface area contributed by atoms with Crippen LogP contribution in [0.25, 0.3) is 0 Å². The first-order valence-corrected chi connectivity index (χ1v) is 9.48. The van der Waals surface area contributed by atoms with Crippen molar-refractivity contribution >= 4 is 29.9 Å². The summed E-state index contributed by atoms with van der Waals surface area (Å²) in [5.41, 5.74) is 2.44. The van der Waals surface area contributed by atoms with Crippen molar-refractivity contribution in [2.45, 2.75) is 52.7 Å². The number of hydrogen-bond donors (Lipinski definition) is 2. The van der Waals surface area contributed by atoms with Gasteiger partial charge in [0.2, 0.25) is 5.89 Å². The zero-order valence-corrected chi connectivity index (χ0v) is 20.2. The number of guanidine groups is 1. The molecule has 0 unspecified atom stereocenters. The Morgan fingerprint density at radius 1 is 1.11 bits per heavy atom. The second-order valence-electron chi connectivity index (χ2n) is 7.97. The molecule has 7 heteroatoms. The van der Waals surface area contributed by atoms with Crippen molar-refractivity contribution in [2.75, 3.05) is 20.6 Å². The van der Waals surface area contributed by atoms with E-state index in [9.17, 15) is 0 Å². The molecule has 0 fully saturated rings. The molecule has 0 aliphatic carbocycles. The number of halogens is 1. The molecule has 1 aromatic heterocycles. The lowest BCUT2D eigenvalue weighted by Crippen LogP contribution is -2.36. The normalized spacial score (nSPS) is 12.0. The van der Waals surface area contributed by atoms with Gasteiger partial charge in [-0.3, -0.25) is 0 Å². The summed E-state index contributed by atoms with van der Waals surface area (Å²) in [6.07, 6.45) is 1.80. The van der Waals surface area contributed by atoms with Crippen LogP contribution in [0.3, 0.4) is 0 Å². The molecule has 2 aromatic rings. The molecule has 28 heavy (non-hydrogen) atoms. The lowest BCUT2D eigenvalue weighted by molar-refractivity contribution is 0.379. The van der Waals surface area contributed by atoms with E-state index in [1.807, 2.05) is 0 Å². The third-order valence-electron chi connectivity index (χ3n) is 3.99. The highest BCUT2D eigenvalue weighted by Crippen LogP contribution is 2.22. The molecule has 0 aliphatic heterocycles. The van der Waals surface area contributed by atoms with Gasteiger partial charge in [-0.05, 0) is 32.1 Å². The summed E-state index contributed by atoms with van der Waals surface area (Å²) in [4.78, 5) is 11.2. The van der Waals surface area contributed by atoms with Crippen molar-refractivity contribution in [3.63, 3.8) is 0 Å². The van der Waals surface area contributed by atoms with E-state index in [4.69, 9.17) is 4.42 Å². The highest BCUT2D eigenvalue weighted by Gasteiger charge is 2.19. The van der Waals surface area contributed by atoms with Gasteiger partial charge in [0.25, 0.3) is 0 Å². The minimum atomic E-state index is -0.0391. The van der Waals surface area contributed by atoms with Crippen molar-refractivity contribution in [1.82, 2.24) is 20.5 Å². The number of rotatable bonds is 7. The van der Waals surface area contributed by atoms with Gasteiger partial charge >= 0.3 is 0 Å². The van der Waals surface area contributed by atoms with Crippen LogP contribution < -0.4 is 10.6 Å². The van der Waals surface area contributed by atoms with Crippen molar-refractivity contribution in [3.8, 4) is 0 Å². The number of oxazole rings is 1. The molecular weight excluding hydrogens is 465 g/mol. The molecular formula is C21H34IN5O. The van der Waals surface area contributed by atoms with Crippen molar-refractivity contribution in [3.05, 3.63) is 53.2 Å². The summed E-state index contributed by atoms with van der Waals surface area (Å²) in [5.74, 6) is 2.31. The fourth-order valence-electron chi connectivity index (χ4n) is 2.53. The number of aromatic nitrogens is 1. The van der Waals surface area contributed by atoms with Crippen LogP contribution in [0, 0.1) is 0 Å². The van der Waals surface area contributed by atoms with Crippen molar-refractivity contribution < 1.29 is 4.42 Å². The van der Waals surface area contributed by atoms with E-state index < -0.39 is 0 Å². The van der Waals surface area contributed by atoms with Crippen LogP contribution in [-0.4, -0.2) is 36.5 Å². The number of benzene rings is 1. The second-order valence-corrected chi connectivity index (χ2v) is 7.97. The van der Waals surface area contributed by atoms with Gasteiger partial charge in [-0.25, -0.2) is 9.98 Å². The Morgan fingerprint density at radius 3 is 2.29 bits per heavy atom. The van der Waals surface area contributed by atoms with Crippen molar-refractivity contribution in [1.29, 1.82) is 0 Å². The molecule has 0 bridgehead atoms. The van der Waals surface area contributed by atoms with Gasteiger partial charge in [-0.2, -0.15) is 0 Å². The van der Waals surface area contributed by atoms with Gasteiger partial charge in [0.1, 0.15) is 5.76 Å². The van der Waals surface area contributed by atoms with E-state index in [-0.39, 0.29) is 29.4 Å². The van der Waals surface area contributed by atoms with Crippen LogP contribution in [0.2, 0.25) is 0 Å². The average molecular weight is 499 g/mol. The first-order valence-electron chi connectivity index (χ1n) is 9.48. The minimum Gasteiger partial charge on any atom is -0.443 e. The Hall–Kier alpha value is -1.61. The maximum absolute atomic E-state index is 5.82. The first kappa shape index (κ1) is 24.4. The lowest BCUT2D eigenvalue weighted by atomic mass is 9.94. The third-order valence-corrected chi connectivity index (χ3v) is 3.99. The van der Waals surface area contributed by atoms with Crippen LogP contribution in [0.4, 0.5) is 0 Å². The summed E-state index contributed by atoms with van der Waals surface area (Å²) in [6.45, 7) is 11.3. The molecule has 6 nitrogen and oxygen atoms in total. The number of aliphatic imine (C=N–C) groups is 1.